The van der Waals surface area contributed by atoms with Crippen molar-refractivity contribution in [2.75, 3.05) is 5.73 Å². The van der Waals surface area contributed by atoms with Crippen LogP contribution in [0.4, 0.5) is 5.69 Å². The molecule has 0 fully saturated rings. The number of hydrogen-bond donors (Lipinski definition) is 1. The number of benzene rings is 2. The first-order chi connectivity index (χ1) is 9.13. The van der Waals surface area contributed by atoms with Crippen molar-refractivity contribution in [3.05, 3.63) is 59.4 Å². The van der Waals surface area contributed by atoms with Crippen molar-refractivity contribution in [2.45, 2.75) is 0 Å². The van der Waals surface area contributed by atoms with Gasteiger partial charge in [-0.25, -0.2) is 0 Å². The molecule has 0 saturated heterocycles. The summed E-state index contributed by atoms with van der Waals surface area (Å²) in [4.78, 5) is 12.1. The van der Waals surface area contributed by atoms with Gasteiger partial charge in [-0.05, 0) is 29.8 Å². The van der Waals surface area contributed by atoms with Crippen LogP contribution in [0.3, 0.4) is 0 Å². The molecular weight excluding hydrogens is 237 g/mol. The number of allylic oxidation sites excluding steroid dienone is 1. The Kier molecular flexibility index (Phi) is 2.64. The van der Waals surface area contributed by atoms with Gasteiger partial charge in [0.25, 0.3) is 0 Å². The normalized spacial score (nSPS) is 15.4. The van der Waals surface area contributed by atoms with E-state index in [4.69, 9.17) is 18.3 Å². The number of fused-ring (bicyclic) bond motifs is 1. The summed E-state index contributed by atoms with van der Waals surface area (Å²) < 4.78 is 5.53. The minimum Gasteiger partial charge on any atom is -0.452 e. The third kappa shape index (κ3) is 2.13. The molecule has 4 heteroatoms. The molecule has 0 aromatic heterocycles. The van der Waals surface area contributed by atoms with Crippen molar-refractivity contribution in [3.63, 3.8) is 0 Å². The van der Waals surface area contributed by atoms with Crippen LogP contribution < -0.4 is 15.9 Å². The molecule has 1 aliphatic rings. The van der Waals surface area contributed by atoms with Crippen LogP contribution in [0.25, 0.3) is 6.08 Å². The Bertz CT molecular complexity index is 690. The van der Waals surface area contributed by atoms with Crippen LogP contribution in [0.5, 0.6) is 5.75 Å². The van der Waals surface area contributed by atoms with Crippen molar-refractivity contribution in [3.8, 4) is 5.75 Å². The van der Waals surface area contributed by atoms with Gasteiger partial charge in [-0.3, -0.25) is 4.79 Å². The zero-order valence-corrected chi connectivity index (χ0v) is 10.1. The van der Waals surface area contributed by atoms with Crippen molar-refractivity contribution in [1.29, 1.82) is 0 Å². The fourth-order valence-corrected chi connectivity index (χ4v) is 1.95. The van der Waals surface area contributed by atoms with Crippen LogP contribution in [0.1, 0.15) is 15.9 Å². The Labute approximate surface area is 112 Å². The molecule has 19 heavy (non-hydrogen) atoms. The molecule has 0 amide bonds. The first-order valence-electron chi connectivity index (χ1n) is 5.83. The van der Waals surface area contributed by atoms with E-state index in [0.717, 1.165) is 5.56 Å². The molecule has 2 aromatic rings. The number of Topliss-reactive ketones (excluding diaryl/α,β-unsaturated/α-hetero) is 1. The number of ether oxygens (including phenoxy) is 1. The predicted molar refractivity (Wildman–Crippen MR) is 75.6 cm³/mol. The molecule has 2 aromatic carbocycles. The number of hydrogen-bond acceptors (Lipinski definition) is 3. The third-order valence-corrected chi connectivity index (χ3v) is 2.93. The van der Waals surface area contributed by atoms with Gasteiger partial charge in [-0.15, -0.1) is 0 Å². The van der Waals surface area contributed by atoms with E-state index in [0.29, 0.717) is 28.2 Å². The fraction of sp³-hybridized carbons (Fsp3) is 0. The first-order valence-corrected chi connectivity index (χ1v) is 5.83. The topological polar surface area (TPSA) is 52.3 Å². The maximum absolute atomic E-state index is 12.1. The van der Waals surface area contributed by atoms with Gasteiger partial charge in [0.2, 0.25) is 5.78 Å². The minimum absolute atomic E-state index is 0.154. The molecule has 2 radical (unpaired) electrons. The Morgan fingerprint density at radius 3 is 2.58 bits per heavy atom. The van der Waals surface area contributed by atoms with Gasteiger partial charge >= 0.3 is 0 Å². The lowest BCUT2D eigenvalue weighted by atomic mass is 9.93. The highest BCUT2D eigenvalue weighted by Gasteiger charge is 2.26. The van der Waals surface area contributed by atoms with E-state index >= 15 is 0 Å². The van der Waals surface area contributed by atoms with E-state index in [9.17, 15) is 4.79 Å². The minimum atomic E-state index is -0.154. The summed E-state index contributed by atoms with van der Waals surface area (Å²) in [6.07, 6.45) is 1.69. The molecule has 2 N–H and O–H groups in total. The SMILES string of the molecule is [B]c1ccc2c(c1)C(=O)/C(=C/c1ccc(N)cc1)O2. The highest BCUT2D eigenvalue weighted by atomic mass is 16.5. The smallest absolute Gasteiger partial charge is 0.231 e. The van der Waals surface area contributed by atoms with Crippen molar-refractivity contribution < 1.29 is 9.53 Å². The quantitative estimate of drug-likeness (QED) is 0.473. The van der Waals surface area contributed by atoms with Gasteiger partial charge in [0, 0.05) is 5.69 Å². The van der Waals surface area contributed by atoms with E-state index in [2.05, 4.69) is 0 Å². The molecule has 0 atom stereocenters. The lowest BCUT2D eigenvalue weighted by Crippen LogP contribution is -2.04. The van der Waals surface area contributed by atoms with E-state index in [-0.39, 0.29) is 5.78 Å². The summed E-state index contributed by atoms with van der Waals surface area (Å²) in [5.74, 6) is 0.686. The summed E-state index contributed by atoms with van der Waals surface area (Å²) in [5.41, 5.74) is 8.20. The number of nitrogen functional groups attached to an aromatic ring is 1. The Hall–Kier alpha value is -2.49. The summed E-state index contributed by atoms with van der Waals surface area (Å²) in [7, 11) is 5.67. The van der Waals surface area contributed by atoms with Crippen molar-refractivity contribution >= 4 is 30.9 Å². The standard InChI is InChI=1S/C15H10BNO2/c16-10-3-6-13-12(8-10)15(18)14(19-13)7-9-1-4-11(17)5-2-9/h1-8H,17H2/b14-7-. The summed E-state index contributed by atoms with van der Waals surface area (Å²) in [5, 5.41) is 0. The molecule has 3 nitrogen and oxygen atoms in total. The molecule has 3 rings (SSSR count). The molecule has 90 valence electrons. The molecule has 1 heterocycles. The van der Waals surface area contributed by atoms with Gasteiger partial charge in [0.1, 0.15) is 13.6 Å². The lowest BCUT2D eigenvalue weighted by molar-refractivity contribution is 0.101. The zero-order chi connectivity index (χ0) is 13.4. The third-order valence-electron chi connectivity index (χ3n) is 2.93. The van der Waals surface area contributed by atoms with Gasteiger partial charge in [0.15, 0.2) is 5.76 Å². The number of carbonyl (C=O) groups excluding carboxylic acids is 1. The maximum atomic E-state index is 12.1. The van der Waals surface area contributed by atoms with Crippen LogP contribution in [0, 0.1) is 0 Å². The van der Waals surface area contributed by atoms with Gasteiger partial charge in [0.05, 0.1) is 5.56 Å². The van der Waals surface area contributed by atoms with E-state index in [1.54, 1.807) is 36.4 Å². The molecule has 0 spiro atoms. The van der Waals surface area contributed by atoms with Gasteiger partial charge in [-0.2, -0.15) is 0 Å². The van der Waals surface area contributed by atoms with Crippen LogP contribution in [-0.4, -0.2) is 13.6 Å². The second-order valence-electron chi connectivity index (χ2n) is 4.36. The van der Waals surface area contributed by atoms with E-state index in [1.165, 1.54) is 0 Å². The van der Waals surface area contributed by atoms with Crippen molar-refractivity contribution in [1.82, 2.24) is 0 Å². The number of carbonyl (C=O) groups is 1. The van der Waals surface area contributed by atoms with Crippen LogP contribution >= 0.6 is 0 Å². The number of ketones is 1. The lowest BCUT2D eigenvalue weighted by Gasteiger charge is -1.99. The summed E-state index contributed by atoms with van der Waals surface area (Å²) in [6, 6.07) is 12.2. The maximum Gasteiger partial charge on any atom is 0.231 e. The summed E-state index contributed by atoms with van der Waals surface area (Å²) in [6.45, 7) is 0. The largest absolute Gasteiger partial charge is 0.452 e. The second-order valence-corrected chi connectivity index (χ2v) is 4.36. The van der Waals surface area contributed by atoms with Gasteiger partial charge in [-0.1, -0.05) is 29.7 Å². The monoisotopic (exact) mass is 247 g/mol. The van der Waals surface area contributed by atoms with E-state index in [1.807, 2.05) is 12.1 Å². The highest BCUT2D eigenvalue weighted by molar-refractivity contribution is 6.33. The second kappa shape index (κ2) is 4.32. The van der Waals surface area contributed by atoms with Crippen molar-refractivity contribution in [2.24, 2.45) is 0 Å². The average Bonchev–Trinajstić information content (AvgIpc) is 2.70. The van der Waals surface area contributed by atoms with Crippen LogP contribution in [-0.2, 0) is 0 Å². The highest BCUT2D eigenvalue weighted by Crippen LogP contribution is 2.30. The number of anilines is 1. The predicted octanol–water partition coefficient (Wildman–Crippen LogP) is 1.68. The molecular formula is C15H10BNO2. The van der Waals surface area contributed by atoms with Gasteiger partial charge < -0.3 is 10.5 Å². The Morgan fingerprint density at radius 2 is 1.84 bits per heavy atom. The Balaban J connectivity index is 1.97. The molecule has 0 aliphatic carbocycles. The van der Waals surface area contributed by atoms with E-state index < -0.39 is 0 Å². The molecule has 0 bridgehead atoms. The fourth-order valence-electron chi connectivity index (χ4n) is 1.95. The van der Waals surface area contributed by atoms with Crippen LogP contribution in [0.2, 0.25) is 0 Å². The summed E-state index contributed by atoms with van der Waals surface area (Å²) >= 11 is 0. The molecule has 1 aliphatic heterocycles. The number of rotatable bonds is 1. The molecule has 0 unspecified atom stereocenters. The number of nitrogens with two attached hydrogens (primary N) is 1. The molecule has 0 saturated carbocycles. The van der Waals surface area contributed by atoms with Crippen LogP contribution in [0.15, 0.2) is 48.2 Å². The zero-order valence-electron chi connectivity index (χ0n) is 10.1. The average molecular weight is 247 g/mol. The Morgan fingerprint density at radius 1 is 1.11 bits per heavy atom. The first kappa shape index (κ1) is 11.6.